The summed E-state index contributed by atoms with van der Waals surface area (Å²) in [5, 5.41) is 1.37. The van der Waals surface area contributed by atoms with Gasteiger partial charge in [0.05, 0.1) is 18.7 Å². The predicted molar refractivity (Wildman–Crippen MR) is 154 cm³/mol. The van der Waals surface area contributed by atoms with Gasteiger partial charge in [0, 0.05) is 61.2 Å². The maximum atomic E-state index is 13.5. The van der Waals surface area contributed by atoms with E-state index in [1.165, 1.54) is 51.0 Å². The maximum Gasteiger partial charge on any atom is 0.195 e. The fourth-order valence-electron chi connectivity index (χ4n) is 6.15. The predicted octanol–water partition coefficient (Wildman–Crippen LogP) is 6.58. The summed E-state index contributed by atoms with van der Waals surface area (Å²) in [6.07, 6.45) is 9.73. The van der Waals surface area contributed by atoms with Crippen molar-refractivity contribution < 1.29 is 13.9 Å². The van der Waals surface area contributed by atoms with Crippen LogP contribution in [0.25, 0.3) is 22.7 Å². The van der Waals surface area contributed by atoms with E-state index < -0.39 is 5.79 Å². The zero-order valence-corrected chi connectivity index (χ0v) is 22.8. The summed E-state index contributed by atoms with van der Waals surface area (Å²) >= 11 is 0. The molecule has 6 rings (SSSR count). The molecule has 0 bridgehead atoms. The average Bonchev–Trinajstić information content (AvgIpc) is 3.47. The first-order chi connectivity index (χ1) is 19.0. The van der Waals surface area contributed by atoms with Crippen molar-refractivity contribution in [2.75, 3.05) is 32.8 Å². The molecular formula is C33H36FN3O2. The first kappa shape index (κ1) is 25.9. The Morgan fingerprint density at radius 3 is 2.51 bits per heavy atom. The Hall–Kier alpha value is -3.32. The third kappa shape index (κ3) is 5.29. The van der Waals surface area contributed by atoms with Crippen molar-refractivity contribution in [3.8, 4) is 0 Å². The van der Waals surface area contributed by atoms with E-state index in [0.717, 1.165) is 50.9 Å². The minimum atomic E-state index is -0.762. The minimum Gasteiger partial charge on any atom is -0.343 e. The Labute approximate surface area is 229 Å². The second-order valence-electron chi connectivity index (χ2n) is 10.8. The summed E-state index contributed by atoms with van der Waals surface area (Å²) in [5.41, 5.74) is 8.77. The van der Waals surface area contributed by atoms with Gasteiger partial charge in [0.25, 0.3) is 0 Å². The molecule has 6 heteroatoms. The third-order valence-electron chi connectivity index (χ3n) is 8.20. The van der Waals surface area contributed by atoms with Gasteiger partial charge in [-0.05, 0) is 86.3 Å². The minimum absolute atomic E-state index is 0.242. The molecule has 5 nitrogen and oxygen atoms in total. The van der Waals surface area contributed by atoms with Gasteiger partial charge in [0.2, 0.25) is 0 Å². The lowest BCUT2D eigenvalue weighted by molar-refractivity contribution is -0.172. The number of ether oxygens (including phenoxy) is 2. The number of fused-ring (bicyclic) bond motifs is 3. The van der Waals surface area contributed by atoms with Crippen LogP contribution in [0, 0.1) is 12.7 Å². The SMILES string of the molecule is CC(=Cn1c2c(c3cc(C)ccc31)CCN(CCCC1(c3ccc(F)cc3)OCCO1)CC2)c1ccncc1. The maximum absolute atomic E-state index is 13.5. The van der Waals surface area contributed by atoms with Gasteiger partial charge in [-0.15, -0.1) is 0 Å². The van der Waals surface area contributed by atoms with E-state index in [4.69, 9.17) is 9.47 Å². The van der Waals surface area contributed by atoms with Crippen LogP contribution in [-0.4, -0.2) is 47.3 Å². The molecule has 1 fully saturated rings. The first-order valence-corrected chi connectivity index (χ1v) is 14.0. The highest BCUT2D eigenvalue weighted by molar-refractivity contribution is 5.90. The summed E-state index contributed by atoms with van der Waals surface area (Å²) in [7, 11) is 0. The number of hydrogen-bond donors (Lipinski definition) is 0. The van der Waals surface area contributed by atoms with Crippen LogP contribution in [0.5, 0.6) is 0 Å². The molecule has 0 radical (unpaired) electrons. The highest BCUT2D eigenvalue weighted by atomic mass is 19.1. The second-order valence-corrected chi connectivity index (χ2v) is 10.8. The molecule has 2 aromatic carbocycles. The first-order valence-electron chi connectivity index (χ1n) is 14.0. The highest BCUT2D eigenvalue weighted by Crippen LogP contribution is 2.37. The summed E-state index contributed by atoms with van der Waals surface area (Å²) in [4.78, 5) is 6.75. The normalized spacial score (nSPS) is 17.9. The van der Waals surface area contributed by atoms with E-state index in [-0.39, 0.29) is 5.82 Å². The number of aryl methyl sites for hydroxylation is 1. The lowest BCUT2D eigenvalue weighted by Gasteiger charge is -2.29. The monoisotopic (exact) mass is 525 g/mol. The van der Waals surface area contributed by atoms with Crippen molar-refractivity contribution in [1.82, 2.24) is 14.5 Å². The van der Waals surface area contributed by atoms with E-state index in [2.05, 4.69) is 64.8 Å². The zero-order chi connectivity index (χ0) is 26.8. The summed E-state index contributed by atoms with van der Waals surface area (Å²) in [6.45, 7) is 8.50. The lowest BCUT2D eigenvalue weighted by Crippen LogP contribution is -2.32. The fourth-order valence-corrected chi connectivity index (χ4v) is 6.15. The number of hydrogen-bond acceptors (Lipinski definition) is 4. The van der Waals surface area contributed by atoms with Crippen LogP contribution in [-0.2, 0) is 28.1 Å². The zero-order valence-electron chi connectivity index (χ0n) is 22.8. The summed E-state index contributed by atoms with van der Waals surface area (Å²) in [6, 6.07) is 17.5. The number of halogens is 1. The molecule has 0 N–H and O–H groups in total. The molecule has 39 heavy (non-hydrogen) atoms. The van der Waals surface area contributed by atoms with Crippen molar-refractivity contribution in [1.29, 1.82) is 0 Å². The smallest absolute Gasteiger partial charge is 0.195 e. The van der Waals surface area contributed by atoms with Gasteiger partial charge in [-0.25, -0.2) is 4.39 Å². The third-order valence-corrected chi connectivity index (χ3v) is 8.20. The number of pyridine rings is 1. The van der Waals surface area contributed by atoms with E-state index in [1.807, 2.05) is 12.4 Å². The van der Waals surface area contributed by atoms with Gasteiger partial charge in [0.15, 0.2) is 5.79 Å². The van der Waals surface area contributed by atoms with Crippen LogP contribution in [0.3, 0.4) is 0 Å². The largest absolute Gasteiger partial charge is 0.343 e. The molecule has 0 spiro atoms. The molecule has 0 atom stereocenters. The standard InChI is InChI=1S/C33H36FN3O2/c1-24-4-9-31-30(22-24)29-12-18-36(19-13-32(29)37(31)23-25(2)26-10-15-35-16-11-26)17-3-14-33(38-20-21-39-33)27-5-7-28(34)8-6-27/h4-11,15-16,22-23H,3,12-14,17-21H2,1-2H3. The van der Waals surface area contributed by atoms with E-state index in [1.54, 1.807) is 12.1 Å². The van der Waals surface area contributed by atoms with Crippen LogP contribution in [0.1, 0.15) is 47.7 Å². The molecule has 1 saturated heterocycles. The van der Waals surface area contributed by atoms with Gasteiger partial charge < -0.3 is 18.9 Å². The van der Waals surface area contributed by atoms with Crippen molar-refractivity contribution in [2.45, 2.75) is 45.3 Å². The molecule has 0 unspecified atom stereocenters. The molecule has 202 valence electrons. The Kier molecular flexibility index (Phi) is 7.34. The van der Waals surface area contributed by atoms with Gasteiger partial charge in [-0.2, -0.15) is 0 Å². The average molecular weight is 526 g/mol. The van der Waals surface area contributed by atoms with Crippen LogP contribution in [0.15, 0.2) is 67.0 Å². The second kappa shape index (κ2) is 11.0. The van der Waals surface area contributed by atoms with E-state index in [9.17, 15) is 4.39 Å². The molecule has 0 saturated carbocycles. The molecule has 2 aliphatic heterocycles. The van der Waals surface area contributed by atoms with Crippen molar-refractivity contribution >= 4 is 22.7 Å². The number of nitrogens with zero attached hydrogens (tertiary/aromatic N) is 3. The number of rotatable bonds is 7. The van der Waals surface area contributed by atoms with Crippen molar-refractivity contribution in [3.63, 3.8) is 0 Å². The van der Waals surface area contributed by atoms with Gasteiger partial charge in [-0.3, -0.25) is 4.98 Å². The Morgan fingerprint density at radius 2 is 1.74 bits per heavy atom. The number of aromatic nitrogens is 2. The number of allylic oxidation sites excluding steroid dienone is 1. The molecule has 2 aromatic heterocycles. The van der Waals surface area contributed by atoms with E-state index in [0.29, 0.717) is 13.2 Å². The Balaban J connectivity index is 1.20. The van der Waals surface area contributed by atoms with E-state index >= 15 is 0 Å². The van der Waals surface area contributed by atoms with Crippen LogP contribution in [0.2, 0.25) is 0 Å². The highest BCUT2D eigenvalue weighted by Gasteiger charge is 2.38. The van der Waals surface area contributed by atoms with Crippen LogP contribution < -0.4 is 0 Å². The molecule has 4 aromatic rings. The summed E-state index contributed by atoms with van der Waals surface area (Å²) < 4.78 is 28.1. The molecule has 2 aliphatic rings. The Morgan fingerprint density at radius 1 is 1.00 bits per heavy atom. The van der Waals surface area contributed by atoms with Gasteiger partial charge >= 0.3 is 0 Å². The molecule has 0 aliphatic carbocycles. The van der Waals surface area contributed by atoms with Gasteiger partial charge in [-0.1, -0.05) is 23.8 Å². The van der Waals surface area contributed by atoms with Crippen LogP contribution >= 0.6 is 0 Å². The van der Waals surface area contributed by atoms with Crippen LogP contribution in [0.4, 0.5) is 4.39 Å². The topological polar surface area (TPSA) is 39.5 Å². The summed E-state index contributed by atoms with van der Waals surface area (Å²) in [5.74, 6) is -1.00. The van der Waals surface area contributed by atoms with Gasteiger partial charge in [0.1, 0.15) is 5.82 Å². The Bertz CT molecular complexity index is 1470. The lowest BCUT2D eigenvalue weighted by atomic mass is 10.00. The molecular weight excluding hydrogens is 489 g/mol. The number of benzene rings is 2. The fraction of sp³-hybridized carbons (Fsp3) is 0.364. The van der Waals surface area contributed by atoms with Crippen molar-refractivity contribution in [2.24, 2.45) is 0 Å². The molecule has 4 heterocycles. The van der Waals surface area contributed by atoms with Crippen molar-refractivity contribution in [3.05, 3.63) is 101 Å². The molecule has 0 amide bonds. The quantitative estimate of drug-likeness (QED) is 0.273.